The van der Waals surface area contributed by atoms with Gasteiger partial charge in [-0.15, -0.1) is 0 Å². The Bertz CT molecular complexity index is 1950. The molecule has 2 aromatic carbocycles. The molecule has 303 valence electrons. The zero-order valence-corrected chi connectivity index (χ0v) is 35.6. The number of nitrogens with zero attached hydrogens (tertiary/aromatic N) is 8. The van der Waals surface area contributed by atoms with E-state index in [0.717, 1.165) is 52.1 Å². The Hall–Kier alpha value is -3.97. The quantitative estimate of drug-likeness (QED) is 0.142. The minimum atomic E-state index is -0.368. The minimum Gasteiger partial charge on any atom is -1.00 e. The summed E-state index contributed by atoms with van der Waals surface area (Å²) in [6, 6.07) is 11.6. The van der Waals surface area contributed by atoms with Crippen LogP contribution in [0.15, 0.2) is 70.5 Å². The standard InChI is InChI=1S/C20H25FN4O3.C18H23FN4O2.CH4O.B.Na.H/c1-3-28-18(26)9-6-16-14-25(17-7-4-15(21)5-8-17)20(27)19(22-16)24-12-10-23(2)11-13-24;1-21-8-10-22(11-9-21)17-18(25)23(13-15(20-17)3-2-12-24)16-6-4-14(19)5-7-16;1-2;;;/h4-5,7-8,14H,3,6,9-13H2,1-2H3;4-7,13,24H,2-3,8-12H2,1H3;2H,1H3;;;/q;;;;+1;-1. The molecule has 0 atom stereocenters. The SMILES string of the molecule is CCOC(=O)CCc1cn(-c2ccc(F)cc2)c(=O)c(N2CCN(C)CC2)n1.CN1CCN(c2nc(CCCO)cn(-c3ccc(F)cc3)c2=O)CC1.CO.[B].[H-].[Na+]. The Morgan fingerprint density at radius 3 is 1.47 bits per heavy atom. The van der Waals surface area contributed by atoms with Crippen LogP contribution in [0.3, 0.4) is 0 Å². The number of anilines is 2. The average Bonchev–Trinajstić information content (AvgIpc) is 3.20. The molecule has 57 heavy (non-hydrogen) atoms. The monoisotopic (exact) mass is 801 g/mol. The van der Waals surface area contributed by atoms with Gasteiger partial charge in [-0.1, -0.05) is 0 Å². The van der Waals surface area contributed by atoms with Crippen LogP contribution in [-0.4, -0.2) is 140 Å². The molecule has 0 saturated carbocycles. The van der Waals surface area contributed by atoms with E-state index in [1.807, 2.05) is 16.8 Å². The first-order chi connectivity index (χ1) is 26.6. The van der Waals surface area contributed by atoms with E-state index in [1.54, 1.807) is 43.6 Å². The van der Waals surface area contributed by atoms with Gasteiger partial charge in [0.2, 0.25) is 0 Å². The number of halogens is 2. The van der Waals surface area contributed by atoms with Crippen LogP contribution >= 0.6 is 0 Å². The number of hydrogen-bond acceptors (Lipinski definition) is 12. The van der Waals surface area contributed by atoms with E-state index in [-0.39, 0.29) is 81.1 Å². The zero-order chi connectivity index (χ0) is 39.9. The van der Waals surface area contributed by atoms with Crippen molar-refractivity contribution in [3.63, 3.8) is 0 Å². The summed E-state index contributed by atoms with van der Waals surface area (Å²) in [5.41, 5.74) is 2.06. The zero-order valence-electron chi connectivity index (χ0n) is 34.6. The van der Waals surface area contributed by atoms with Gasteiger partial charge in [0, 0.05) is 105 Å². The molecule has 4 aromatic rings. The number of carbonyl (C=O) groups excluding carboxylic acids is 1. The molecule has 18 heteroatoms. The number of hydrogen-bond donors (Lipinski definition) is 2. The molecule has 0 unspecified atom stereocenters. The summed E-state index contributed by atoms with van der Waals surface area (Å²) >= 11 is 0. The first-order valence-corrected chi connectivity index (χ1v) is 18.4. The Morgan fingerprint density at radius 1 is 0.719 bits per heavy atom. The minimum absolute atomic E-state index is 0. The molecule has 0 bridgehead atoms. The fourth-order valence-electron chi connectivity index (χ4n) is 6.06. The molecule has 0 amide bonds. The van der Waals surface area contributed by atoms with Crippen molar-refractivity contribution in [3.05, 3.63) is 105 Å². The predicted octanol–water partition coefficient (Wildman–Crippen LogP) is -0.988. The number of aromatic nitrogens is 4. The van der Waals surface area contributed by atoms with Gasteiger partial charge in [-0.3, -0.25) is 23.5 Å². The van der Waals surface area contributed by atoms with Gasteiger partial charge in [-0.25, -0.2) is 18.7 Å². The molecule has 2 N–H and O–H groups in total. The number of aliphatic hydroxyl groups is 2. The van der Waals surface area contributed by atoms with Gasteiger partial charge >= 0.3 is 35.5 Å². The number of piperazine rings is 2. The normalized spacial score (nSPS) is 14.2. The van der Waals surface area contributed by atoms with Crippen molar-refractivity contribution in [1.82, 2.24) is 28.9 Å². The van der Waals surface area contributed by atoms with E-state index in [4.69, 9.17) is 14.9 Å². The topological polar surface area (TPSA) is 149 Å². The summed E-state index contributed by atoms with van der Waals surface area (Å²) in [5.74, 6) is -0.227. The van der Waals surface area contributed by atoms with Crippen LogP contribution in [0.2, 0.25) is 0 Å². The number of likely N-dealkylation sites (N-methyl/N-ethyl adjacent to an activating group) is 2. The third-order valence-corrected chi connectivity index (χ3v) is 9.17. The second-order valence-corrected chi connectivity index (χ2v) is 13.1. The second kappa shape index (κ2) is 24.7. The van der Waals surface area contributed by atoms with Crippen LogP contribution in [0.25, 0.3) is 11.4 Å². The van der Waals surface area contributed by atoms with Crippen molar-refractivity contribution in [3.8, 4) is 11.4 Å². The maximum atomic E-state index is 13.3. The average molecular weight is 802 g/mol. The van der Waals surface area contributed by atoms with Gasteiger partial charge in [-0.2, -0.15) is 0 Å². The fraction of sp³-hybridized carbons (Fsp3) is 0.462. The molecule has 2 saturated heterocycles. The van der Waals surface area contributed by atoms with Crippen LogP contribution < -0.4 is 50.5 Å². The first-order valence-electron chi connectivity index (χ1n) is 18.4. The fourth-order valence-corrected chi connectivity index (χ4v) is 6.06. The van der Waals surface area contributed by atoms with E-state index in [1.165, 1.54) is 33.4 Å². The molecular formula is C39H53BF2N8NaO6. The van der Waals surface area contributed by atoms with Gasteiger partial charge in [0.1, 0.15) is 11.6 Å². The van der Waals surface area contributed by atoms with E-state index >= 15 is 0 Å². The molecule has 6 rings (SSSR count). The molecule has 14 nitrogen and oxygen atoms in total. The number of aryl methyl sites for hydroxylation is 2. The van der Waals surface area contributed by atoms with Crippen LogP contribution in [0, 0.1) is 11.6 Å². The Morgan fingerprint density at radius 2 is 1.11 bits per heavy atom. The molecule has 0 spiro atoms. The van der Waals surface area contributed by atoms with Gasteiger partial charge in [0.15, 0.2) is 11.6 Å². The summed E-state index contributed by atoms with van der Waals surface area (Å²) in [4.78, 5) is 55.3. The van der Waals surface area contributed by atoms with Crippen molar-refractivity contribution in [1.29, 1.82) is 0 Å². The second-order valence-electron chi connectivity index (χ2n) is 13.1. The van der Waals surface area contributed by atoms with Crippen molar-refractivity contribution >= 4 is 26.0 Å². The summed E-state index contributed by atoms with van der Waals surface area (Å²) in [6.07, 6.45) is 5.01. The number of benzene rings is 2. The predicted molar refractivity (Wildman–Crippen MR) is 214 cm³/mol. The molecular weight excluding hydrogens is 748 g/mol. The number of carbonyl (C=O) groups is 1. The molecule has 2 fully saturated rings. The largest absolute Gasteiger partial charge is 1.00 e. The Labute approximate surface area is 358 Å². The van der Waals surface area contributed by atoms with Crippen LogP contribution in [0.5, 0.6) is 0 Å². The summed E-state index contributed by atoms with van der Waals surface area (Å²) in [7, 11) is 5.09. The number of rotatable bonds is 11. The van der Waals surface area contributed by atoms with Crippen molar-refractivity contribution < 1.29 is 59.5 Å². The van der Waals surface area contributed by atoms with Crippen LogP contribution in [0.4, 0.5) is 20.4 Å². The van der Waals surface area contributed by atoms with Gasteiger partial charge < -0.3 is 36.0 Å². The smallest absolute Gasteiger partial charge is 1.00 e. The van der Waals surface area contributed by atoms with Crippen LogP contribution in [-0.2, 0) is 22.4 Å². The third-order valence-electron chi connectivity index (χ3n) is 9.17. The molecule has 2 aliphatic heterocycles. The first kappa shape index (κ1) is 49.2. The van der Waals surface area contributed by atoms with E-state index in [2.05, 4.69) is 26.8 Å². The van der Waals surface area contributed by atoms with E-state index < -0.39 is 0 Å². The third kappa shape index (κ3) is 14.1. The van der Waals surface area contributed by atoms with Crippen molar-refractivity contribution in [2.75, 3.05) is 96.6 Å². The van der Waals surface area contributed by atoms with Crippen molar-refractivity contribution in [2.45, 2.75) is 32.6 Å². The number of ether oxygens (including phenoxy) is 1. The molecule has 0 aliphatic carbocycles. The number of esters is 1. The number of aliphatic hydroxyl groups excluding tert-OH is 2. The maximum Gasteiger partial charge on any atom is 1.00 e. The summed E-state index contributed by atoms with van der Waals surface area (Å²) in [6.45, 7) is 8.46. The van der Waals surface area contributed by atoms with Crippen LogP contribution in [0.1, 0.15) is 32.6 Å². The molecule has 3 radical (unpaired) electrons. The van der Waals surface area contributed by atoms with Crippen molar-refractivity contribution in [2.24, 2.45) is 0 Å². The van der Waals surface area contributed by atoms with E-state index in [9.17, 15) is 23.2 Å². The molecule has 2 aliphatic rings. The Balaban J connectivity index is 0.000000532. The maximum absolute atomic E-state index is 13.3. The van der Waals surface area contributed by atoms with Gasteiger partial charge in [0.05, 0.1) is 24.4 Å². The molecule has 4 heterocycles. The van der Waals surface area contributed by atoms with Gasteiger partial charge in [0.25, 0.3) is 11.1 Å². The molecule has 2 aromatic heterocycles. The van der Waals surface area contributed by atoms with E-state index in [0.29, 0.717) is 67.7 Å². The summed E-state index contributed by atoms with van der Waals surface area (Å²) in [5, 5.41) is 16.1. The Kier molecular flexibility index (Phi) is 21.3. The van der Waals surface area contributed by atoms with Gasteiger partial charge in [-0.05, 0) is 82.4 Å². The summed E-state index contributed by atoms with van der Waals surface area (Å²) < 4.78 is 34.5.